The first-order valence-electron chi connectivity index (χ1n) is 11.7. The van der Waals surface area contributed by atoms with Gasteiger partial charge in [-0.3, -0.25) is 4.79 Å². The first-order chi connectivity index (χ1) is 15.0. The lowest BCUT2D eigenvalue weighted by Gasteiger charge is -2.35. The zero-order valence-corrected chi connectivity index (χ0v) is 19.9. The van der Waals surface area contributed by atoms with E-state index in [-0.39, 0.29) is 11.9 Å². The Balaban J connectivity index is 1.52. The topological polar surface area (TPSA) is 35.6 Å². The van der Waals surface area contributed by atoms with E-state index in [1.165, 1.54) is 29.1 Å². The van der Waals surface area contributed by atoms with Crippen LogP contribution in [0.25, 0.3) is 0 Å². The monoisotopic (exact) mass is 437 g/mol. The molecule has 1 saturated heterocycles. The van der Waals surface area contributed by atoms with Crippen LogP contribution in [-0.2, 0) is 0 Å². The normalized spacial score (nSPS) is 16.9. The van der Waals surface area contributed by atoms with Crippen molar-refractivity contribution in [2.75, 3.05) is 31.5 Å². The lowest BCUT2D eigenvalue weighted by atomic mass is 10.1. The van der Waals surface area contributed by atoms with E-state index in [1.807, 2.05) is 18.2 Å². The molecule has 0 aromatic heterocycles. The predicted molar refractivity (Wildman–Crippen MR) is 131 cm³/mol. The predicted octanol–water partition coefficient (Wildman–Crippen LogP) is 6.26. The summed E-state index contributed by atoms with van der Waals surface area (Å²) in [4.78, 5) is 20.7. The van der Waals surface area contributed by atoms with Crippen molar-refractivity contribution in [1.29, 1.82) is 0 Å². The van der Waals surface area contributed by atoms with E-state index >= 15 is 0 Å². The SMILES string of the molecule is CC(C)CCN(C(=O)c1ccc2c(c1)Nc1ccccc1S2)C(C)CN1CCCCC1. The number of carbonyl (C=O) groups is 1. The number of nitrogens with one attached hydrogen (secondary N) is 1. The molecule has 2 heterocycles. The van der Waals surface area contributed by atoms with Crippen LogP contribution < -0.4 is 5.32 Å². The number of rotatable bonds is 7. The first kappa shape index (κ1) is 22.2. The van der Waals surface area contributed by atoms with Gasteiger partial charge in [-0.1, -0.05) is 44.2 Å². The molecule has 5 heteroatoms. The highest BCUT2D eigenvalue weighted by Crippen LogP contribution is 2.44. The second-order valence-electron chi connectivity index (χ2n) is 9.33. The standard InChI is InChI=1S/C26H35N3OS/c1-19(2)13-16-29(20(3)18-28-14-7-4-8-15-28)26(30)21-11-12-25-23(17-21)27-22-9-5-6-10-24(22)31-25/h5-6,9-12,17,19-20,27H,4,7-8,13-16,18H2,1-3H3. The average molecular weight is 438 g/mol. The molecule has 166 valence electrons. The Morgan fingerprint density at radius 2 is 1.77 bits per heavy atom. The van der Waals surface area contributed by atoms with Crippen molar-refractivity contribution >= 4 is 29.0 Å². The van der Waals surface area contributed by atoms with E-state index in [0.717, 1.165) is 49.5 Å². The maximum atomic E-state index is 13.6. The van der Waals surface area contributed by atoms with Crippen LogP contribution in [0.15, 0.2) is 52.3 Å². The smallest absolute Gasteiger partial charge is 0.254 e. The van der Waals surface area contributed by atoms with Crippen LogP contribution in [0.1, 0.15) is 56.8 Å². The van der Waals surface area contributed by atoms with Gasteiger partial charge in [0.1, 0.15) is 0 Å². The number of carbonyl (C=O) groups excluding carboxylic acids is 1. The number of amides is 1. The molecule has 2 aromatic rings. The third-order valence-corrected chi connectivity index (χ3v) is 7.47. The first-order valence-corrected chi connectivity index (χ1v) is 12.5. The van der Waals surface area contributed by atoms with E-state index in [1.54, 1.807) is 11.8 Å². The molecule has 0 aliphatic carbocycles. The molecule has 2 aliphatic heterocycles. The minimum atomic E-state index is 0.151. The van der Waals surface area contributed by atoms with E-state index in [2.05, 4.69) is 60.2 Å². The van der Waals surface area contributed by atoms with Gasteiger partial charge in [-0.15, -0.1) is 0 Å². The summed E-state index contributed by atoms with van der Waals surface area (Å²) < 4.78 is 0. The molecule has 1 N–H and O–H groups in total. The van der Waals surface area contributed by atoms with Crippen molar-refractivity contribution in [1.82, 2.24) is 9.80 Å². The number of hydrogen-bond donors (Lipinski definition) is 1. The maximum Gasteiger partial charge on any atom is 0.254 e. The van der Waals surface area contributed by atoms with E-state index in [0.29, 0.717) is 5.92 Å². The second kappa shape index (κ2) is 10.1. The van der Waals surface area contributed by atoms with Crippen LogP contribution in [0.5, 0.6) is 0 Å². The Bertz CT molecular complexity index is 907. The fraction of sp³-hybridized carbons (Fsp3) is 0.500. The molecule has 0 saturated carbocycles. The molecule has 2 aliphatic rings. The second-order valence-corrected chi connectivity index (χ2v) is 10.4. The molecule has 4 nitrogen and oxygen atoms in total. The number of benzene rings is 2. The van der Waals surface area contributed by atoms with Crippen LogP contribution in [0.2, 0.25) is 0 Å². The van der Waals surface area contributed by atoms with Gasteiger partial charge in [-0.2, -0.15) is 0 Å². The van der Waals surface area contributed by atoms with Gasteiger partial charge in [0, 0.05) is 34.5 Å². The largest absolute Gasteiger partial charge is 0.354 e. The van der Waals surface area contributed by atoms with Gasteiger partial charge in [-0.25, -0.2) is 0 Å². The van der Waals surface area contributed by atoms with E-state index in [4.69, 9.17) is 0 Å². The Hall–Kier alpha value is -1.98. The highest BCUT2D eigenvalue weighted by molar-refractivity contribution is 7.99. The highest BCUT2D eigenvalue weighted by atomic mass is 32.2. The zero-order valence-electron chi connectivity index (χ0n) is 19.1. The van der Waals surface area contributed by atoms with Crippen molar-refractivity contribution in [2.24, 2.45) is 5.92 Å². The Morgan fingerprint density at radius 1 is 1.03 bits per heavy atom. The zero-order chi connectivity index (χ0) is 21.8. The molecule has 0 radical (unpaired) electrons. The minimum absolute atomic E-state index is 0.151. The fourth-order valence-corrected chi connectivity index (χ4v) is 5.44. The number of nitrogens with zero attached hydrogens (tertiary/aromatic N) is 2. The number of hydrogen-bond acceptors (Lipinski definition) is 4. The summed E-state index contributed by atoms with van der Waals surface area (Å²) in [7, 11) is 0. The summed E-state index contributed by atoms with van der Waals surface area (Å²) >= 11 is 1.76. The third kappa shape index (κ3) is 5.45. The minimum Gasteiger partial charge on any atom is -0.354 e. The van der Waals surface area contributed by atoms with Gasteiger partial charge in [0.15, 0.2) is 0 Å². The van der Waals surface area contributed by atoms with Gasteiger partial charge >= 0.3 is 0 Å². The quantitative estimate of drug-likeness (QED) is 0.473. The van der Waals surface area contributed by atoms with Gasteiger partial charge in [0.05, 0.1) is 11.4 Å². The van der Waals surface area contributed by atoms with Crippen molar-refractivity contribution in [3.8, 4) is 0 Å². The fourth-order valence-electron chi connectivity index (χ4n) is 4.47. The summed E-state index contributed by atoms with van der Waals surface area (Å²) in [5.41, 5.74) is 2.92. The molecule has 1 amide bonds. The number of piperidine rings is 1. The van der Waals surface area contributed by atoms with Gasteiger partial charge in [0.2, 0.25) is 0 Å². The van der Waals surface area contributed by atoms with Crippen LogP contribution in [-0.4, -0.2) is 47.9 Å². The van der Waals surface area contributed by atoms with Crippen molar-refractivity contribution in [2.45, 2.75) is 62.3 Å². The van der Waals surface area contributed by atoms with Crippen molar-refractivity contribution in [3.63, 3.8) is 0 Å². The average Bonchev–Trinajstić information content (AvgIpc) is 2.77. The third-order valence-electron chi connectivity index (χ3n) is 6.31. The van der Waals surface area contributed by atoms with Crippen LogP contribution in [0, 0.1) is 5.92 Å². The lowest BCUT2D eigenvalue weighted by molar-refractivity contribution is 0.0624. The Labute approximate surface area is 191 Å². The van der Waals surface area contributed by atoms with Gasteiger partial charge in [-0.05, 0) is 75.5 Å². The molecule has 31 heavy (non-hydrogen) atoms. The summed E-state index contributed by atoms with van der Waals surface area (Å²) in [6.45, 7) is 10.8. The molecular weight excluding hydrogens is 402 g/mol. The molecule has 1 fully saturated rings. The van der Waals surface area contributed by atoms with Crippen molar-refractivity contribution in [3.05, 3.63) is 48.0 Å². The van der Waals surface area contributed by atoms with Gasteiger partial charge < -0.3 is 15.1 Å². The lowest BCUT2D eigenvalue weighted by Crippen LogP contribution is -2.47. The summed E-state index contributed by atoms with van der Waals surface area (Å²) in [6, 6.07) is 14.7. The van der Waals surface area contributed by atoms with Crippen LogP contribution in [0.3, 0.4) is 0 Å². The Kier molecular flexibility index (Phi) is 7.24. The van der Waals surface area contributed by atoms with Crippen LogP contribution in [0.4, 0.5) is 11.4 Å². The molecule has 2 aromatic carbocycles. The van der Waals surface area contributed by atoms with E-state index in [9.17, 15) is 4.79 Å². The molecule has 4 rings (SSSR count). The summed E-state index contributed by atoms with van der Waals surface area (Å²) in [6.07, 6.45) is 4.93. The summed E-state index contributed by atoms with van der Waals surface area (Å²) in [5, 5.41) is 3.52. The highest BCUT2D eigenvalue weighted by Gasteiger charge is 2.25. The molecule has 1 unspecified atom stereocenters. The number of likely N-dealkylation sites (tertiary alicyclic amines) is 1. The van der Waals surface area contributed by atoms with Crippen molar-refractivity contribution < 1.29 is 4.79 Å². The molecule has 0 spiro atoms. The molecule has 0 bridgehead atoms. The maximum absolute atomic E-state index is 13.6. The van der Waals surface area contributed by atoms with Gasteiger partial charge in [0.25, 0.3) is 5.91 Å². The number of para-hydroxylation sites is 1. The molecule has 1 atom stereocenters. The van der Waals surface area contributed by atoms with Crippen LogP contribution >= 0.6 is 11.8 Å². The number of anilines is 2. The summed E-state index contributed by atoms with van der Waals surface area (Å²) in [5.74, 6) is 0.731. The molecular formula is C26H35N3OS. The van der Waals surface area contributed by atoms with E-state index < -0.39 is 0 Å². The Morgan fingerprint density at radius 3 is 2.55 bits per heavy atom. The number of fused-ring (bicyclic) bond motifs is 2.